The lowest BCUT2D eigenvalue weighted by Gasteiger charge is -2.32. The van der Waals surface area contributed by atoms with Crippen molar-refractivity contribution in [2.45, 2.75) is 32.7 Å². The molecule has 1 N–H and O–H groups in total. The summed E-state index contributed by atoms with van der Waals surface area (Å²) < 4.78 is 11.1. The highest BCUT2D eigenvalue weighted by Gasteiger charge is 2.25. The summed E-state index contributed by atoms with van der Waals surface area (Å²) in [6.07, 6.45) is 1.99. The average molecular weight is 411 g/mol. The van der Waals surface area contributed by atoms with Crippen LogP contribution < -0.4 is 14.8 Å². The number of benzene rings is 2. The summed E-state index contributed by atoms with van der Waals surface area (Å²) in [6.45, 7) is 5.86. The number of likely N-dealkylation sites (tertiary alicyclic amines) is 1. The molecule has 1 heterocycles. The molecule has 2 aromatic carbocycles. The van der Waals surface area contributed by atoms with Gasteiger partial charge in [0, 0.05) is 36.2 Å². The lowest BCUT2D eigenvalue weighted by Crippen LogP contribution is -2.41. The molecule has 0 saturated carbocycles. The van der Waals surface area contributed by atoms with Gasteiger partial charge < -0.3 is 19.7 Å². The first-order valence-electron chi connectivity index (χ1n) is 10.4. The number of nitrogens with zero attached hydrogens (tertiary/aromatic N) is 1. The number of methoxy groups -OCH3 is 1. The lowest BCUT2D eigenvalue weighted by molar-refractivity contribution is 0.0633. The molecule has 0 spiro atoms. The van der Waals surface area contributed by atoms with Gasteiger partial charge in [-0.25, -0.2) is 0 Å². The Kier molecular flexibility index (Phi) is 7.33. The number of nitrogens with one attached hydrogen (secondary N) is 1. The van der Waals surface area contributed by atoms with Crippen LogP contribution in [0.1, 0.15) is 47.4 Å². The summed E-state index contributed by atoms with van der Waals surface area (Å²) in [5, 5.41) is 2.87. The van der Waals surface area contributed by atoms with E-state index in [2.05, 4.69) is 5.32 Å². The number of piperidine rings is 1. The first kappa shape index (κ1) is 21.7. The molecule has 160 valence electrons. The van der Waals surface area contributed by atoms with E-state index in [1.165, 1.54) is 0 Å². The van der Waals surface area contributed by atoms with Gasteiger partial charge in [0.05, 0.1) is 13.7 Å². The van der Waals surface area contributed by atoms with Crippen molar-refractivity contribution in [1.29, 1.82) is 0 Å². The van der Waals surface area contributed by atoms with Gasteiger partial charge in [0.2, 0.25) is 0 Å². The van der Waals surface area contributed by atoms with Gasteiger partial charge in [0.1, 0.15) is 11.5 Å². The molecule has 6 heteroatoms. The van der Waals surface area contributed by atoms with Gasteiger partial charge >= 0.3 is 0 Å². The highest BCUT2D eigenvalue weighted by atomic mass is 16.5. The molecule has 0 unspecified atom stereocenters. The second-order valence-electron chi connectivity index (χ2n) is 7.95. The van der Waals surface area contributed by atoms with Crippen LogP contribution in [0.3, 0.4) is 0 Å². The maximum Gasteiger partial charge on any atom is 0.253 e. The second-order valence-corrected chi connectivity index (χ2v) is 7.95. The number of hydrogen-bond acceptors (Lipinski definition) is 4. The van der Waals surface area contributed by atoms with E-state index in [4.69, 9.17) is 9.47 Å². The zero-order valence-electron chi connectivity index (χ0n) is 17.9. The Morgan fingerprint density at radius 1 is 1.03 bits per heavy atom. The first-order chi connectivity index (χ1) is 14.5. The zero-order valence-corrected chi connectivity index (χ0v) is 17.9. The Morgan fingerprint density at radius 3 is 2.30 bits per heavy atom. The van der Waals surface area contributed by atoms with Crippen molar-refractivity contribution in [1.82, 2.24) is 10.2 Å². The van der Waals surface area contributed by atoms with E-state index in [1.54, 1.807) is 31.4 Å². The van der Waals surface area contributed by atoms with Crippen LogP contribution in [0, 0.1) is 5.92 Å². The number of rotatable bonds is 7. The molecule has 2 amide bonds. The van der Waals surface area contributed by atoms with E-state index in [1.807, 2.05) is 43.0 Å². The molecule has 30 heavy (non-hydrogen) atoms. The normalized spacial score (nSPS) is 16.3. The lowest BCUT2D eigenvalue weighted by atomic mass is 9.98. The zero-order chi connectivity index (χ0) is 21.5. The number of amides is 2. The maximum absolute atomic E-state index is 12.8. The van der Waals surface area contributed by atoms with E-state index >= 15 is 0 Å². The maximum atomic E-state index is 12.8. The molecule has 1 aliphatic rings. The van der Waals surface area contributed by atoms with Gasteiger partial charge in [-0.15, -0.1) is 0 Å². The van der Waals surface area contributed by atoms with Crippen LogP contribution >= 0.6 is 0 Å². The van der Waals surface area contributed by atoms with Gasteiger partial charge in [-0.1, -0.05) is 0 Å². The third-order valence-corrected chi connectivity index (χ3v) is 5.17. The molecule has 3 rings (SSSR count). The minimum atomic E-state index is -0.0866. The molecule has 1 atom stereocenters. The van der Waals surface area contributed by atoms with Crippen molar-refractivity contribution in [3.05, 3.63) is 59.7 Å². The Labute approximate surface area is 178 Å². The van der Waals surface area contributed by atoms with Crippen molar-refractivity contribution in [3.63, 3.8) is 0 Å². The van der Waals surface area contributed by atoms with E-state index in [9.17, 15) is 9.59 Å². The fourth-order valence-corrected chi connectivity index (χ4v) is 3.56. The second kappa shape index (κ2) is 10.1. The van der Waals surface area contributed by atoms with Crippen LogP contribution in [0.25, 0.3) is 0 Å². The molecule has 0 aromatic heterocycles. The van der Waals surface area contributed by atoms with Crippen LogP contribution in [0.2, 0.25) is 0 Å². The Morgan fingerprint density at radius 2 is 1.67 bits per heavy atom. The molecule has 2 aromatic rings. The molecular formula is C24H30N2O4. The fourth-order valence-electron chi connectivity index (χ4n) is 3.56. The molecule has 0 radical (unpaired) electrons. The molecule has 1 aliphatic heterocycles. The molecule has 0 aliphatic carbocycles. The third kappa shape index (κ3) is 5.75. The Balaban J connectivity index is 1.52. The largest absolute Gasteiger partial charge is 0.497 e. The van der Waals surface area contributed by atoms with Crippen LogP contribution in [0.5, 0.6) is 11.5 Å². The first-order valence-corrected chi connectivity index (χ1v) is 10.4. The molecule has 0 bridgehead atoms. The third-order valence-electron chi connectivity index (χ3n) is 5.17. The van der Waals surface area contributed by atoms with Gasteiger partial charge in [0.15, 0.2) is 0 Å². The molecule has 6 nitrogen and oxygen atoms in total. The van der Waals surface area contributed by atoms with Crippen LogP contribution in [-0.2, 0) is 0 Å². The van der Waals surface area contributed by atoms with Gasteiger partial charge in [-0.2, -0.15) is 0 Å². The van der Waals surface area contributed by atoms with E-state index < -0.39 is 0 Å². The van der Waals surface area contributed by atoms with E-state index in [-0.39, 0.29) is 23.8 Å². The Hall–Kier alpha value is -3.02. The quantitative estimate of drug-likeness (QED) is 0.755. The number of hydrogen-bond donors (Lipinski definition) is 1. The summed E-state index contributed by atoms with van der Waals surface area (Å²) in [4.78, 5) is 26.7. The summed E-state index contributed by atoms with van der Waals surface area (Å²) in [7, 11) is 1.61. The number of carbonyl (C=O) groups is 2. The SMILES string of the molecule is COc1ccc(C(=O)N2CCC[C@H](COc3ccc(C(=O)NC(C)C)cc3)C2)cc1. The topological polar surface area (TPSA) is 67.9 Å². The summed E-state index contributed by atoms with van der Waals surface area (Å²) in [5.74, 6) is 1.71. The van der Waals surface area contributed by atoms with Gasteiger partial charge in [0.25, 0.3) is 11.8 Å². The van der Waals surface area contributed by atoms with Crippen molar-refractivity contribution in [2.24, 2.45) is 5.92 Å². The van der Waals surface area contributed by atoms with Crippen LogP contribution in [0.15, 0.2) is 48.5 Å². The monoisotopic (exact) mass is 410 g/mol. The standard InChI is InChI=1S/C24H30N2O4/c1-17(2)25-23(27)19-6-12-22(13-7-19)30-16-18-5-4-14-26(15-18)24(28)20-8-10-21(29-3)11-9-20/h6-13,17-18H,4-5,14-16H2,1-3H3,(H,25,27)/t18-/m0/s1. The van der Waals surface area contributed by atoms with Crippen molar-refractivity contribution in [2.75, 3.05) is 26.8 Å². The summed E-state index contributed by atoms with van der Waals surface area (Å²) >= 11 is 0. The summed E-state index contributed by atoms with van der Waals surface area (Å²) in [5.41, 5.74) is 1.29. The molecule has 1 fully saturated rings. The van der Waals surface area contributed by atoms with Crippen molar-refractivity contribution < 1.29 is 19.1 Å². The highest BCUT2D eigenvalue weighted by molar-refractivity contribution is 5.95. The number of ether oxygens (including phenoxy) is 2. The highest BCUT2D eigenvalue weighted by Crippen LogP contribution is 2.22. The summed E-state index contributed by atoms with van der Waals surface area (Å²) in [6, 6.07) is 14.5. The van der Waals surface area contributed by atoms with Gasteiger partial charge in [-0.05, 0) is 75.2 Å². The fraction of sp³-hybridized carbons (Fsp3) is 0.417. The van der Waals surface area contributed by atoms with Crippen molar-refractivity contribution in [3.8, 4) is 11.5 Å². The van der Waals surface area contributed by atoms with Gasteiger partial charge in [-0.3, -0.25) is 9.59 Å². The van der Waals surface area contributed by atoms with Crippen LogP contribution in [0.4, 0.5) is 0 Å². The van der Waals surface area contributed by atoms with Crippen LogP contribution in [-0.4, -0.2) is 49.6 Å². The minimum absolute atomic E-state index is 0.0443. The molecular weight excluding hydrogens is 380 g/mol. The Bertz CT molecular complexity index is 847. The smallest absolute Gasteiger partial charge is 0.253 e. The predicted molar refractivity (Wildman–Crippen MR) is 116 cm³/mol. The predicted octanol–water partition coefficient (Wildman–Crippen LogP) is 3.76. The van der Waals surface area contributed by atoms with E-state index in [0.29, 0.717) is 24.3 Å². The van der Waals surface area contributed by atoms with Crippen molar-refractivity contribution >= 4 is 11.8 Å². The average Bonchev–Trinajstić information content (AvgIpc) is 2.77. The number of carbonyl (C=O) groups excluding carboxylic acids is 2. The molecule has 1 saturated heterocycles. The minimum Gasteiger partial charge on any atom is -0.497 e. The van der Waals surface area contributed by atoms with E-state index in [0.717, 1.165) is 30.9 Å².